The summed E-state index contributed by atoms with van der Waals surface area (Å²) in [5.74, 6) is 1.06. The Morgan fingerprint density at radius 1 is 1.11 bits per heavy atom. The third kappa shape index (κ3) is 4.12. The lowest BCUT2D eigenvalue weighted by molar-refractivity contribution is 0.125. The van der Waals surface area contributed by atoms with E-state index in [1.807, 2.05) is 51.9 Å². The van der Waals surface area contributed by atoms with Crippen LogP contribution in [0.25, 0.3) is 0 Å². The highest BCUT2D eigenvalue weighted by Crippen LogP contribution is 2.29. The predicted octanol–water partition coefficient (Wildman–Crippen LogP) is 2.70. The van der Waals surface area contributed by atoms with E-state index >= 15 is 0 Å². The quantitative estimate of drug-likeness (QED) is 0.763. The normalized spacial score (nSPS) is 18.1. The molecule has 1 unspecified atom stereocenters. The zero-order chi connectivity index (χ0) is 20.5. The van der Waals surface area contributed by atoms with Crippen molar-refractivity contribution in [3.63, 3.8) is 0 Å². The number of ether oxygens (including phenoxy) is 1. The number of piperidine rings is 1. The summed E-state index contributed by atoms with van der Waals surface area (Å²) in [7, 11) is 0.160. The molecule has 0 amide bonds. The first kappa shape index (κ1) is 20.5. The number of hydrogen-bond acceptors (Lipinski definition) is 6. The first-order chi connectivity index (χ1) is 13.2. The molecule has 152 valence electrons. The Morgan fingerprint density at radius 2 is 1.75 bits per heavy atom. The molecule has 0 saturated carbocycles. The monoisotopic (exact) mass is 404 g/mol. The lowest BCUT2D eigenvalue weighted by atomic mass is 10.1. The van der Waals surface area contributed by atoms with Crippen LogP contribution in [-0.4, -0.2) is 56.0 Å². The first-order valence-electron chi connectivity index (χ1n) is 9.43. The van der Waals surface area contributed by atoms with E-state index in [9.17, 15) is 8.42 Å². The topological polar surface area (TPSA) is 75.6 Å². The van der Waals surface area contributed by atoms with Crippen LogP contribution >= 0.6 is 0 Å². The lowest BCUT2D eigenvalue weighted by Crippen LogP contribution is -2.44. The molecular weight excluding hydrogens is 376 g/mol. The Morgan fingerprint density at radius 3 is 2.39 bits per heavy atom. The van der Waals surface area contributed by atoms with Gasteiger partial charge in [0.25, 0.3) is 5.88 Å². The highest BCUT2D eigenvalue weighted by Gasteiger charge is 2.33. The number of aromatic nitrogens is 2. The molecule has 2 aromatic rings. The van der Waals surface area contributed by atoms with Gasteiger partial charge in [-0.15, -0.1) is 0 Å². The van der Waals surface area contributed by atoms with Crippen LogP contribution in [0.4, 0.5) is 5.82 Å². The number of nitrogens with zero attached hydrogens (tertiary/aromatic N) is 4. The molecule has 1 saturated heterocycles. The molecule has 7 nitrogen and oxygen atoms in total. The molecule has 1 fully saturated rings. The molecule has 28 heavy (non-hydrogen) atoms. The van der Waals surface area contributed by atoms with Gasteiger partial charge in [-0.1, -0.05) is 17.7 Å². The van der Waals surface area contributed by atoms with Crippen molar-refractivity contribution in [2.24, 2.45) is 0 Å². The van der Waals surface area contributed by atoms with Crippen LogP contribution in [0, 0.1) is 20.8 Å². The summed E-state index contributed by atoms with van der Waals surface area (Å²) in [6.45, 7) is 6.49. The van der Waals surface area contributed by atoms with Crippen LogP contribution in [0.3, 0.4) is 0 Å². The lowest BCUT2D eigenvalue weighted by Gasteiger charge is -2.33. The fraction of sp³-hybridized carbons (Fsp3) is 0.500. The number of aryl methyl sites for hydroxylation is 3. The second-order valence-electron chi connectivity index (χ2n) is 7.55. The average molecular weight is 405 g/mol. The zero-order valence-corrected chi connectivity index (χ0v) is 18.0. The van der Waals surface area contributed by atoms with Crippen molar-refractivity contribution in [3.8, 4) is 5.88 Å². The predicted molar refractivity (Wildman–Crippen MR) is 109 cm³/mol. The maximum atomic E-state index is 13.3. The SMILES string of the molecule is Cc1cc(C)c(S(=O)(=O)N2CCCC(Oc3nccnc3N(C)C)C2)c(C)c1. The summed E-state index contributed by atoms with van der Waals surface area (Å²) in [5.41, 5.74) is 2.63. The van der Waals surface area contributed by atoms with Crippen LogP contribution in [-0.2, 0) is 10.0 Å². The fourth-order valence-electron chi connectivity index (χ4n) is 3.79. The number of sulfonamides is 1. The Balaban J connectivity index is 1.84. The van der Waals surface area contributed by atoms with E-state index in [1.165, 1.54) is 4.31 Å². The number of benzene rings is 1. The highest BCUT2D eigenvalue weighted by atomic mass is 32.2. The largest absolute Gasteiger partial charge is 0.470 e. The number of hydrogen-bond donors (Lipinski definition) is 0. The third-order valence-corrected chi connectivity index (χ3v) is 7.06. The van der Waals surface area contributed by atoms with Crippen LogP contribution in [0.15, 0.2) is 29.4 Å². The molecule has 3 rings (SSSR count). The summed E-state index contributed by atoms with van der Waals surface area (Å²) in [4.78, 5) is 10.8. The fourth-order valence-corrected chi connectivity index (χ4v) is 5.71. The molecule has 1 atom stereocenters. The molecule has 8 heteroatoms. The van der Waals surface area contributed by atoms with Gasteiger partial charge in [0.05, 0.1) is 11.4 Å². The number of anilines is 1. The van der Waals surface area contributed by atoms with Gasteiger partial charge in [-0.3, -0.25) is 0 Å². The second-order valence-corrected chi connectivity index (χ2v) is 9.43. The van der Waals surface area contributed by atoms with Gasteiger partial charge in [-0.25, -0.2) is 18.4 Å². The van der Waals surface area contributed by atoms with E-state index in [0.717, 1.165) is 29.5 Å². The van der Waals surface area contributed by atoms with Gasteiger partial charge >= 0.3 is 0 Å². The maximum absolute atomic E-state index is 13.3. The van der Waals surface area contributed by atoms with Crippen molar-refractivity contribution in [2.75, 3.05) is 32.1 Å². The van der Waals surface area contributed by atoms with Gasteiger partial charge in [0.2, 0.25) is 10.0 Å². The van der Waals surface area contributed by atoms with E-state index in [2.05, 4.69) is 9.97 Å². The second kappa shape index (κ2) is 8.05. The van der Waals surface area contributed by atoms with Crippen molar-refractivity contribution in [3.05, 3.63) is 41.2 Å². The zero-order valence-electron chi connectivity index (χ0n) is 17.1. The van der Waals surface area contributed by atoms with Gasteiger partial charge in [0, 0.05) is 33.0 Å². The molecule has 0 aliphatic carbocycles. The van der Waals surface area contributed by atoms with Crippen LogP contribution in [0.1, 0.15) is 29.5 Å². The molecule has 0 N–H and O–H groups in total. The summed E-state index contributed by atoms with van der Waals surface area (Å²) < 4.78 is 34.3. The van der Waals surface area contributed by atoms with E-state index in [4.69, 9.17) is 4.74 Å². The molecule has 1 aliphatic rings. The Kier molecular flexibility index (Phi) is 5.90. The van der Waals surface area contributed by atoms with E-state index in [0.29, 0.717) is 29.7 Å². The van der Waals surface area contributed by atoms with Crippen molar-refractivity contribution in [1.82, 2.24) is 14.3 Å². The van der Waals surface area contributed by atoms with Crippen molar-refractivity contribution in [2.45, 2.75) is 44.6 Å². The molecule has 1 aromatic carbocycles. The van der Waals surface area contributed by atoms with Crippen LogP contribution in [0.2, 0.25) is 0 Å². The molecule has 1 aliphatic heterocycles. The van der Waals surface area contributed by atoms with Gasteiger partial charge in [0.1, 0.15) is 6.10 Å². The summed E-state index contributed by atoms with van der Waals surface area (Å²) in [6.07, 6.45) is 4.46. The molecule has 0 spiro atoms. The van der Waals surface area contributed by atoms with Crippen LogP contribution < -0.4 is 9.64 Å². The molecular formula is C20H28N4O3S. The summed E-state index contributed by atoms with van der Waals surface area (Å²) >= 11 is 0. The van der Waals surface area contributed by atoms with E-state index < -0.39 is 10.0 Å². The molecule has 2 heterocycles. The smallest absolute Gasteiger partial charge is 0.257 e. The maximum Gasteiger partial charge on any atom is 0.257 e. The van der Waals surface area contributed by atoms with Gasteiger partial charge in [-0.05, 0) is 44.7 Å². The average Bonchev–Trinajstić information content (AvgIpc) is 2.61. The molecule has 1 aromatic heterocycles. The minimum absolute atomic E-state index is 0.259. The first-order valence-corrected chi connectivity index (χ1v) is 10.9. The minimum atomic E-state index is -3.58. The number of rotatable bonds is 5. The van der Waals surface area contributed by atoms with Gasteiger partial charge in [0.15, 0.2) is 5.82 Å². The minimum Gasteiger partial charge on any atom is -0.470 e. The molecule has 0 bridgehead atoms. The van der Waals surface area contributed by atoms with E-state index in [1.54, 1.807) is 12.4 Å². The Hall–Kier alpha value is -2.19. The Bertz CT molecular complexity index is 937. The van der Waals surface area contributed by atoms with Crippen molar-refractivity contribution < 1.29 is 13.2 Å². The summed E-state index contributed by atoms with van der Waals surface area (Å²) in [6, 6.07) is 3.83. The Labute approximate surface area is 167 Å². The molecule has 0 radical (unpaired) electrons. The standard InChI is InChI=1S/C20H28N4O3S/c1-14-11-15(2)18(16(3)12-14)28(25,26)24-10-6-7-17(13-24)27-20-19(23(4)5)21-8-9-22-20/h8-9,11-12,17H,6-7,10,13H2,1-5H3. The third-order valence-electron chi connectivity index (χ3n) is 4.89. The van der Waals surface area contributed by atoms with E-state index in [-0.39, 0.29) is 6.10 Å². The van der Waals surface area contributed by atoms with Crippen molar-refractivity contribution in [1.29, 1.82) is 0 Å². The van der Waals surface area contributed by atoms with Crippen molar-refractivity contribution >= 4 is 15.8 Å². The summed E-state index contributed by atoms with van der Waals surface area (Å²) in [5, 5.41) is 0. The highest BCUT2D eigenvalue weighted by molar-refractivity contribution is 7.89. The van der Waals surface area contributed by atoms with Gasteiger partial charge in [-0.2, -0.15) is 4.31 Å². The van der Waals surface area contributed by atoms with Gasteiger partial charge < -0.3 is 9.64 Å². The van der Waals surface area contributed by atoms with Crippen LogP contribution in [0.5, 0.6) is 5.88 Å².